The van der Waals surface area contributed by atoms with Gasteiger partial charge in [-0.2, -0.15) is 0 Å². The van der Waals surface area contributed by atoms with Crippen molar-refractivity contribution in [1.82, 2.24) is 4.98 Å². The second-order valence-electron chi connectivity index (χ2n) is 3.98. The van der Waals surface area contributed by atoms with E-state index in [2.05, 4.69) is 4.98 Å². The van der Waals surface area contributed by atoms with E-state index < -0.39 is 5.60 Å². The molecule has 0 amide bonds. The van der Waals surface area contributed by atoms with Crippen LogP contribution in [0, 0.1) is 5.82 Å². The van der Waals surface area contributed by atoms with Crippen LogP contribution >= 0.6 is 0 Å². The van der Waals surface area contributed by atoms with Gasteiger partial charge in [0.1, 0.15) is 0 Å². The summed E-state index contributed by atoms with van der Waals surface area (Å²) in [5.41, 5.74) is -0.862. The Labute approximate surface area is 83.2 Å². The maximum Gasteiger partial charge on any atom is 0.165 e. The minimum atomic E-state index is -0.862. The molecule has 0 saturated carbocycles. The van der Waals surface area contributed by atoms with E-state index in [1.165, 1.54) is 18.3 Å². The van der Waals surface area contributed by atoms with Gasteiger partial charge in [0.2, 0.25) is 0 Å². The molecule has 1 heterocycles. The molecule has 3 nitrogen and oxygen atoms in total. The Bertz CT molecular complexity index is 309. The number of anilines is 1. The van der Waals surface area contributed by atoms with Crippen LogP contribution in [0.4, 0.5) is 10.2 Å². The monoisotopic (exact) mass is 198 g/mol. The molecule has 0 aromatic carbocycles. The molecule has 0 atom stereocenters. The third kappa shape index (κ3) is 2.96. The molecule has 0 bridgehead atoms. The van der Waals surface area contributed by atoms with Crippen LogP contribution in [0.3, 0.4) is 0 Å². The van der Waals surface area contributed by atoms with Crippen molar-refractivity contribution >= 4 is 5.82 Å². The highest BCUT2D eigenvalue weighted by Crippen LogP contribution is 2.15. The van der Waals surface area contributed by atoms with Crippen molar-refractivity contribution in [2.45, 2.75) is 19.4 Å². The summed E-state index contributed by atoms with van der Waals surface area (Å²) in [7, 11) is 1.70. The van der Waals surface area contributed by atoms with Gasteiger partial charge in [0.25, 0.3) is 0 Å². The third-order valence-electron chi connectivity index (χ3n) is 1.72. The average Bonchev–Trinajstić information content (AvgIpc) is 2.01. The summed E-state index contributed by atoms with van der Waals surface area (Å²) >= 11 is 0. The van der Waals surface area contributed by atoms with Gasteiger partial charge >= 0.3 is 0 Å². The van der Waals surface area contributed by atoms with Crippen LogP contribution in [0.1, 0.15) is 13.8 Å². The molecule has 0 saturated heterocycles. The number of nitrogens with zero attached hydrogens (tertiary/aromatic N) is 2. The normalized spacial score (nSPS) is 11.5. The molecule has 1 rings (SSSR count). The minimum absolute atomic E-state index is 0.259. The lowest BCUT2D eigenvalue weighted by molar-refractivity contribution is 0.0883. The van der Waals surface area contributed by atoms with E-state index in [9.17, 15) is 9.50 Å². The maximum atomic E-state index is 13.2. The van der Waals surface area contributed by atoms with E-state index in [1.54, 1.807) is 25.8 Å². The summed E-state index contributed by atoms with van der Waals surface area (Å²) in [6.45, 7) is 3.68. The first-order chi connectivity index (χ1) is 6.40. The highest BCUT2D eigenvalue weighted by atomic mass is 19.1. The van der Waals surface area contributed by atoms with Crippen molar-refractivity contribution in [3.8, 4) is 0 Å². The van der Waals surface area contributed by atoms with Crippen molar-refractivity contribution in [1.29, 1.82) is 0 Å². The van der Waals surface area contributed by atoms with Gasteiger partial charge in [-0.15, -0.1) is 0 Å². The highest BCUT2D eigenvalue weighted by molar-refractivity contribution is 5.38. The number of rotatable bonds is 3. The van der Waals surface area contributed by atoms with Gasteiger partial charge in [0.05, 0.1) is 5.60 Å². The first kappa shape index (κ1) is 10.9. The summed E-state index contributed by atoms with van der Waals surface area (Å²) < 4.78 is 13.2. The lowest BCUT2D eigenvalue weighted by Crippen LogP contribution is -2.37. The molecule has 4 heteroatoms. The molecular formula is C10H15FN2O. The van der Waals surface area contributed by atoms with Gasteiger partial charge in [0.15, 0.2) is 11.6 Å². The minimum Gasteiger partial charge on any atom is -0.389 e. The topological polar surface area (TPSA) is 36.4 Å². The predicted molar refractivity (Wildman–Crippen MR) is 53.8 cm³/mol. The Balaban J connectivity index is 2.80. The summed E-state index contributed by atoms with van der Waals surface area (Å²) in [6.07, 6.45) is 1.53. The van der Waals surface area contributed by atoms with Gasteiger partial charge in [-0.3, -0.25) is 0 Å². The van der Waals surface area contributed by atoms with Gasteiger partial charge in [-0.25, -0.2) is 9.37 Å². The quantitative estimate of drug-likeness (QED) is 0.798. The molecule has 0 radical (unpaired) electrons. The van der Waals surface area contributed by atoms with E-state index in [-0.39, 0.29) is 11.6 Å². The van der Waals surface area contributed by atoms with Gasteiger partial charge in [0, 0.05) is 19.8 Å². The number of hydrogen-bond acceptors (Lipinski definition) is 3. The molecule has 0 fully saturated rings. The SMILES string of the molecule is CN(CC(C)(C)O)c1ncccc1F. The van der Waals surface area contributed by atoms with Crippen LogP contribution in [-0.2, 0) is 0 Å². The Morgan fingerprint density at radius 2 is 2.21 bits per heavy atom. The van der Waals surface area contributed by atoms with Crippen molar-refractivity contribution in [2.75, 3.05) is 18.5 Å². The lowest BCUT2D eigenvalue weighted by atomic mass is 10.1. The second-order valence-corrected chi connectivity index (χ2v) is 3.98. The number of hydrogen-bond donors (Lipinski definition) is 1. The van der Waals surface area contributed by atoms with E-state index in [0.717, 1.165) is 0 Å². The summed E-state index contributed by atoms with van der Waals surface area (Å²) in [4.78, 5) is 5.49. The van der Waals surface area contributed by atoms with E-state index >= 15 is 0 Å². The number of likely N-dealkylation sites (N-methyl/N-ethyl adjacent to an activating group) is 1. The molecule has 0 aliphatic rings. The Kier molecular flexibility index (Phi) is 3.06. The molecule has 78 valence electrons. The highest BCUT2D eigenvalue weighted by Gasteiger charge is 2.18. The zero-order chi connectivity index (χ0) is 10.8. The smallest absolute Gasteiger partial charge is 0.165 e. The van der Waals surface area contributed by atoms with Gasteiger partial charge in [-0.1, -0.05) is 0 Å². The fourth-order valence-electron chi connectivity index (χ4n) is 1.31. The molecule has 0 aliphatic heterocycles. The maximum absolute atomic E-state index is 13.2. The Hall–Kier alpha value is -1.16. The lowest BCUT2D eigenvalue weighted by Gasteiger charge is -2.26. The van der Waals surface area contributed by atoms with Crippen molar-refractivity contribution in [3.63, 3.8) is 0 Å². The van der Waals surface area contributed by atoms with Crippen LogP contribution in [0.2, 0.25) is 0 Å². The number of aliphatic hydroxyl groups is 1. The van der Waals surface area contributed by atoms with E-state index in [1.807, 2.05) is 0 Å². The first-order valence-corrected chi connectivity index (χ1v) is 4.44. The van der Waals surface area contributed by atoms with Crippen LogP contribution in [-0.4, -0.2) is 29.3 Å². The fraction of sp³-hybridized carbons (Fsp3) is 0.500. The average molecular weight is 198 g/mol. The van der Waals surface area contributed by atoms with Crippen LogP contribution in [0.15, 0.2) is 18.3 Å². The molecule has 1 aromatic heterocycles. The summed E-state index contributed by atoms with van der Waals surface area (Å²) in [5, 5.41) is 9.55. The van der Waals surface area contributed by atoms with Crippen LogP contribution < -0.4 is 4.90 Å². The molecule has 1 aromatic rings. The number of halogens is 1. The van der Waals surface area contributed by atoms with Gasteiger partial charge in [-0.05, 0) is 26.0 Å². The number of aromatic nitrogens is 1. The second kappa shape index (κ2) is 3.92. The van der Waals surface area contributed by atoms with E-state index in [4.69, 9.17) is 0 Å². The van der Waals surface area contributed by atoms with Crippen molar-refractivity contribution < 1.29 is 9.50 Å². The first-order valence-electron chi connectivity index (χ1n) is 4.44. The molecule has 14 heavy (non-hydrogen) atoms. The van der Waals surface area contributed by atoms with Crippen LogP contribution in [0.5, 0.6) is 0 Å². The van der Waals surface area contributed by atoms with E-state index in [0.29, 0.717) is 6.54 Å². The summed E-state index contributed by atoms with van der Waals surface area (Å²) in [5.74, 6) is -0.117. The Morgan fingerprint density at radius 3 is 2.71 bits per heavy atom. The standard InChI is InChI=1S/C10H15FN2O/c1-10(2,14)7-13(3)9-8(11)5-4-6-12-9/h4-6,14H,7H2,1-3H3. The summed E-state index contributed by atoms with van der Waals surface area (Å²) in [6, 6.07) is 2.89. The van der Waals surface area contributed by atoms with Crippen molar-refractivity contribution in [3.05, 3.63) is 24.1 Å². The molecule has 0 aliphatic carbocycles. The molecule has 1 N–H and O–H groups in total. The van der Waals surface area contributed by atoms with Crippen molar-refractivity contribution in [2.24, 2.45) is 0 Å². The molecule has 0 unspecified atom stereocenters. The third-order valence-corrected chi connectivity index (χ3v) is 1.72. The van der Waals surface area contributed by atoms with Crippen LogP contribution in [0.25, 0.3) is 0 Å². The largest absolute Gasteiger partial charge is 0.389 e. The molecular weight excluding hydrogens is 183 g/mol. The zero-order valence-electron chi connectivity index (χ0n) is 8.66. The number of pyridine rings is 1. The molecule has 0 spiro atoms. The fourth-order valence-corrected chi connectivity index (χ4v) is 1.31. The Morgan fingerprint density at radius 1 is 1.57 bits per heavy atom. The van der Waals surface area contributed by atoms with Gasteiger partial charge < -0.3 is 10.0 Å². The predicted octanol–water partition coefficient (Wildman–Crippen LogP) is 1.43. The zero-order valence-corrected chi connectivity index (χ0v) is 8.66.